The van der Waals surface area contributed by atoms with Gasteiger partial charge in [-0.25, -0.2) is 4.79 Å². The Bertz CT molecular complexity index is 510. The van der Waals surface area contributed by atoms with Gasteiger partial charge in [-0.1, -0.05) is 0 Å². The maximum Gasteiger partial charge on any atom is 0.337 e. The number of anilines is 1. The normalized spacial score (nSPS) is 9.63. The molecule has 0 radical (unpaired) electrons. The van der Waals surface area contributed by atoms with Gasteiger partial charge >= 0.3 is 5.97 Å². The molecule has 1 amide bonds. The van der Waals surface area contributed by atoms with Gasteiger partial charge in [0.2, 0.25) is 5.91 Å². The standard InChI is InChI=1S/C13H15NO5/c1-8(15)6-12(16)14-10-7-9(13(17)19-3)4-5-11(10)18-2/h4-5,7H,6H2,1-3H3,(H,14,16). The fourth-order valence-electron chi connectivity index (χ4n) is 1.47. The van der Waals surface area contributed by atoms with Crippen molar-refractivity contribution < 1.29 is 23.9 Å². The topological polar surface area (TPSA) is 81.7 Å². The highest BCUT2D eigenvalue weighted by Gasteiger charge is 2.13. The van der Waals surface area contributed by atoms with Crippen LogP contribution in [0.3, 0.4) is 0 Å². The fourth-order valence-corrected chi connectivity index (χ4v) is 1.47. The van der Waals surface area contributed by atoms with Crippen LogP contribution in [0.5, 0.6) is 5.75 Å². The van der Waals surface area contributed by atoms with Gasteiger partial charge in [-0.15, -0.1) is 0 Å². The Kier molecular flexibility index (Phi) is 5.05. The Balaban J connectivity index is 2.99. The Hall–Kier alpha value is -2.37. The zero-order valence-corrected chi connectivity index (χ0v) is 11.0. The molecule has 0 unspecified atom stereocenters. The number of benzene rings is 1. The van der Waals surface area contributed by atoms with Crippen LogP contribution in [0.25, 0.3) is 0 Å². The number of rotatable bonds is 5. The molecular formula is C13H15NO5. The van der Waals surface area contributed by atoms with E-state index in [0.29, 0.717) is 11.4 Å². The number of esters is 1. The first kappa shape index (κ1) is 14.7. The predicted molar refractivity (Wildman–Crippen MR) is 68.3 cm³/mol. The van der Waals surface area contributed by atoms with Crippen molar-refractivity contribution >= 4 is 23.3 Å². The van der Waals surface area contributed by atoms with Crippen LogP contribution in [0.2, 0.25) is 0 Å². The minimum atomic E-state index is -0.523. The van der Waals surface area contributed by atoms with E-state index >= 15 is 0 Å². The number of ketones is 1. The molecule has 1 aromatic carbocycles. The Morgan fingerprint density at radius 2 is 1.89 bits per heavy atom. The second-order valence-corrected chi connectivity index (χ2v) is 3.83. The first-order chi connectivity index (χ1) is 8.97. The zero-order valence-electron chi connectivity index (χ0n) is 11.0. The van der Waals surface area contributed by atoms with Crippen molar-refractivity contribution in [2.24, 2.45) is 0 Å². The van der Waals surface area contributed by atoms with Crippen LogP contribution in [-0.2, 0) is 14.3 Å². The molecule has 0 bridgehead atoms. The van der Waals surface area contributed by atoms with E-state index < -0.39 is 11.9 Å². The van der Waals surface area contributed by atoms with Gasteiger partial charge in [-0.05, 0) is 25.1 Å². The highest BCUT2D eigenvalue weighted by Crippen LogP contribution is 2.26. The molecule has 1 aromatic rings. The first-order valence-electron chi connectivity index (χ1n) is 5.53. The monoisotopic (exact) mass is 265 g/mol. The summed E-state index contributed by atoms with van der Waals surface area (Å²) in [5.41, 5.74) is 0.595. The molecule has 1 rings (SSSR count). The number of hydrogen-bond acceptors (Lipinski definition) is 5. The van der Waals surface area contributed by atoms with E-state index in [0.717, 1.165) is 0 Å². The Morgan fingerprint density at radius 1 is 1.21 bits per heavy atom. The Morgan fingerprint density at radius 3 is 2.42 bits per heavy atom. The van der Waals surface area contributed by atoms with Crippen molar-refractivity contribution in [2.75, 3.05) is 19.5 Å². The molecule has 102 valence electrons. The van der Waals surface area contributed by atoms with Crippen molar-refractivity contribution in [3.63, 3.8) is 0 Å². The van der Waals surface area contributed by atoms with Gasteiger partial charge in [0.05, 0.1) is 31.9 Å². The summed E-state index contributed by atoms with van der Waals surface area (Å²) in [5.74, 6) is -0.845. The van der Waals surface area contributed by atoms with Crippen molar-refractivity contribution in [2.45, 2.75) is 13.3 Å². The van der Waals surface area contributed by atoms with Gasteiger partial charge in [0.1, 0.15) is 11.5 Å². The fraction of sp³-hybridized carbons (Fsp3) is 0.308. The zero-order chi connectivity index (χ0) is 14.4. The SMILES string of the molecule is COC(=O)c1ccc(OC)c(NC(=O)CC(C)=O)c1. The molecule has 0 spiro atoms. The van der Waals surface area contributed by atoms with E-state index in [-0.39, 0.29) is 17.8 Å². The third-order valence-electron chi connectivity index (χ3n) is 2.30. The quantitative estimate of drug-likeness (QED) is 0.642. The molecule has 6 nitrogen and oxygen atoms in total. The third kappa shape index (κ3) is 4.09. The van der Waals surface area contributed by atoms with Gasteiger partial charge in [-0.2, -0.15) is 0 Å². The van der Waals surface area contributed by atoms with Crippen LogP contribution in [0, 0.1) is 0 Å². The smallest absolute Gasteiger partial charge is 0.337 e. The summed E-state index contributed by atoms with van der Waals surface area (Å²) in [7, 11) is 2.70. The number of ether oxygens (including phenoxy) is 2. The summed E-state index contributed by atoms with van der Waals surface area (Å²) in [6, 6.07) is 4.49. The van der Waals surface area contributed by atoms with Crippen LogP contribution in [-0.4, -0.2) is 31.9 Å². The van der Waals surface area contributed by atoms with Gasteiger partial charge in [0.25, 0.3) is 0 Å². The number of carbonyl (C=O) groups excluding carboxylic acids is 3. The average Bonchev–Trinajstić information content (AvgIpc) is 2.36. The van der Waals surface area contributed by atoms with Crippen LogP contribution in [0.1, 0.15) is 23.7 Å². The van der Waals surface area contributed by atoms with E-state index in [1.807, 2.05) is 0 Å². The summed E-state index contributed by atoms with van der Waals surface area (Å²) in [5, 5.41) is 2.52. The maximum atomic E-state index is 11.5. The van der Waals surface area contributed by atoms with Crippen LogP contribution in [0.4, 0.5) is 5.69 Å². The average molecular weight is 265 g/mol. The molecule has 1 N–H and O–H groups in total. The van der Waals surface area contributed by atoms with Gasteiger partial charge < -0.3 is 14.8 Å². The number of methoxy groups -OCH3 is 2. The second-order valence-electron chi connectivity index (χ2n) is 3.83. The number of nitrogens with one attached hydrogen (secondary N) is 1. The summed E-state index contributed by atoms with van der Waals surface area (Å²) in [4.78, 5) is 33.8. The molecule has 0 saturated carbocycles. The molecule has 0 saturated heterocycles. The molecule has 0 atom stereocenters. The molecule has 19 heavy (non-hydrogen) atoms. The molecule has 0 aromatic heterocycles. The lowest BCUT2D eigenvalue weighted by molar-refractivity contribution is -0.124. The molecule has 0 fully saturated rings. The molecule has 0 heterocycles. The van der Waals surface area contributed by atoms with Crippen molar-refractivity contribution in [1.29, 1.82) is 0 Å². The van der Waals surface area contributed by atoms with Crippen LogP contribution in [0.15, 0.2) is 18.2 Å². The van der Waals surface area contributed by atoms with Gasteiger partial charge in [-0.3, -0.25) is 9.59 Å². The summed E-state index contributed by atoms with van der Waals surface area (Å²) in [6.45, 7) is 1.32. The predicted octanol–water partition coefficient (Wildman–Crippen LogP) is 1.40. The van der Waals surface area contributed by atoms with Gasteiger partial charge in [0, 0.05) is 0 Å². The largest absolute Gasteiger partial charge is 0.495 e. The minimum Gasteiger partial charge on any atom is -0.495 e. The molecular weight excluding hydrogens is 250 g/mol. The molecule has 6 heteroatoms. The van der Waals surface area contributed by atoms with E-state index in [9.17, 15) is 14.4 Å². The lowest BCUT2D eigenvalue weighted by Crippen LogP contribution is -2.16. The highest BCUT2D eigenvalue weighted by atomic mass is 16.5. The Labute approximate surface area is 110 Å². The molecule has 0 aliphatic heterocycles. The van der Waals surface area contributed by atoms with E-state index in [2.05, 4.69) is 10.1 Å². The second kappa shape index (κ2) is 6.53. The van der Waals surface area contributed by atoms with Crippen molar-refractivity contribution in [3.05, 3.63) is 23.8 Å². The highest BCUT2D eigenvalue weighted by molar-refractivity contribution is 6.04. The third-order valence-corrected chi connectivity index (χ3v) is 2.30. The van der Waals surface area contributed by atoms with E-state index in [1.54, 1.807) is 0 Å². The van der Waals surface area contributed by atoms with Crippen LogP contribution >= 0.6 is 0 Å². The summed E-state index contributed by atoms with van der Waals surface area (Å²) >= 11 is 0. The number of amides is 1. The maximum absolute atomic E-state index is 11.5. The van der Waals surface area contributed by atoms with Crippen molar-refractivity contribution in [3.8, 4) is 5.75 Å². The lowest BCUT2D eigenvalue weighted by Gasteiger charge is -2.11. The van der Waals surface area contributed by atoms with Crippen molar-refractivity contribution in [1.82, 2.24) is 0 Å². The van der Waals surface area contributed by atoms with Crippen LogP contribution < -0.4 is 10.1 Å². The summed E-state index contributed by atoms with van der Waals surface area (Å²) < 4.78 is 9.66. The van der Waals surface area contributed by atoms with E-state index in [4.69, 9.17) is 4.74 Å². The number of hydrogen-bond donors (Lipinski definition) is 1. The molecule has 0 aliphatic carbocycles. The molecule has 0 aliphatic rings. The number of carbonyl (C=O) groups is 3. The van der Waals surface area contributed by atoms with Gasteiger partial charge in [0.15, 0.2) is 0 Å². The lowest BCUT2D eigenvalue weighted by atomic mass is 10.1. The minimum absolute atomic E-state index is 0.231. The summed E-state index contributed by atoms with van der Waals surface area (Å²) in [6.07, 6.45) is -0.231. The number of Topliss-reactive ketones (excluding diaryl/α,β-unsaturated/α-hetero) is 1. The first-order valence-corrected chi connectivity index (χ1v) is 5.53. The van der Waals surface area contributed by atoms with E-state index in [1.165, 1.54) is 39.3 Å².